The highest BCUT2D eigenvalue weighted by Gasteiger charge is 2.07. The highest BCUT2D eigenvalue weighted by atomic mass is 35.5. The van der Waals surface area contributed by atoms with Gasteiger partial charge in [0.15, 0.2) is 0 Å². The van der Waals surface area contributed by atoms with Crippen molar-refractivity contribution < 1.29 is 14.6 Å². The lowest BCUT2D eigenvalue weighted by molar-refractivity contribution is -0.304. The summed E-state index contributed by atoms with van der Waals surface area (Å²) < 4.78 is 5.16. The van der Waals surface area contributed by atoms with Gasteiger partial charge in [-0.25, -0.2) is 0 Å². The maximum atomic E-state index is 10.8. The van der Waals surface area contributed by atoms with Gasteiger partial charge in [-0.05, 0) is 42.8 Å². The second-order valence-corrected chi connectivity index (χ2v) is 5.27. The Morgan fingerprint density at radius 2 is 2.04 bits per heavy atom. The Balaban J connectivity index is 2.24. The summed E-state index contributed by atoms with van der Waals surface area (Å²) >= 11 is 6.06. The van der Waals surface area contributed by atoms with Gasteiger partial charge in [0.1, 0.15) is 5.75 Å². The van der Waals surface area contributed by atoms with Crippen molar-refractivity contribution >= 4 is 29.0 Å². The van der Waals surface area contributed by atoms with Crippen LogP contribution in [0.25, 0.3) is 0 Å². The normalized spacial score (nSPS) is 11.2. The maximum absolute atomic E-state index is 10.8. The number of nitrogens with one attached hydrogen (secondary N) is 1. The summed E-state index contributed by atoms with van der Waals surface area (Å²) in [6, 6.07) is 12.5. The molecule has 0 spiro atoms. The van der Waals surface area contributed by atoms with E-state index in [9.17, 15) is 9.90 Å². The molecule has 1 N–H and O–H groups in total. The lowest BCUT2D eigenvalue weighted by Crippen LogP contribution is -2.24. The summed E-state index contributed by atoms with van der Waals surface area (Å²) in [5.41, 5.74) is 5.59. The van der Waals surface area contributed by atoms with Crippen molar-refractivity contribution in [3.05, 3.63) is 58.6 Å². The van der Waals surface area contributed by atoms with Crippen molar-refractivity contribution in [2.75, 3.05) is 12.5 Å². The number of halogens is 1. The van der Waals surface area contributed by atoms with Crippen LogP contribution in [0.5, 0.6) is 5.75 Å². The zero-order valence-corrected chi connectivity index (χ0v) is 13.6. The van der Waals surface area contributed by atoms with Crippen molar-refractivity contribution in [3.63, 3.8) is 0 Å². The number of carbonyl (C=O) groups is 1. The largest absolute Gasteiger partial charge is 0.550 e. The highest BCUT2D eigenvalue weighted by molar-refractivity contribution is 6.33. The maximum Gasteiger partial charge on any atom is 0.122 e. The molecule has 0 bridgehead atoms. The number of carboxylic acids is 1. The number of methoxy groups -OCH3 is 1. The molecule has 5 nitrogen and oxygen atoms in total. The van der Waals surface area contributed by atoms with Crippen LogP contribution < -0.4 is 15.3 Å². The third kappa shape index (κ3) is 4.47. The Hall–Kier alpha value is -2.53. The number of anilines is 1. The van der Waals surface area contributed by atoms with Crippen molar-refractivity contribution in [3.8, 4) is 5.75 Å². The van der Waals surface area contributed by atoms with E-state index in [-0.39, 0.29) is 6.42 Å². The predicted octanol–water partition coefficient (Wildman–Crippen LogP) is 2.48. The van der Waals surface area contributed by atoms with Crippen LogP contribution in [0.15, 0.2) is 47.6 Å². The van der Waals surface area contributed by atoms with E-state index in [1.165, 1.54) is 7.11 Å². The third-order valence-corrected chi connectivity index (χ3v) is 3.58. The number of benzene rings is 2. The molecule has 0 unspecified atom stereocenters. The number of aliphatic carboxylic acids is 1. The van der Waals surface area contributed by atoms with Gasteiger partial charge in [0.2, 0.25) is 0 Å². The van der Waals surface area contributed by atoms with Gasteiger partial charge in [0.25, 0.3) is 0 Å². The standard InChI is InChI=1S/C17H17ClN2O3/c1-11(19-20-15-6-4-3-5-14(15)18)12-7-8-16(23-2)13(9-12)10-17(21)22/h3-9,20H,10H2,1-2H3,(H,21,22)/p-1/b19-11-. The summed E-state index contributed by atoms with van der Waals surface area (Å²) in [6.45, 7) is 1.81. The van der Waals surface area contributed by atoms with Gasteiger partial charge in [0.05, 0.1) is 23.5 Å². The van der Waals surface area contributed by atoms with Crippen LogP contribution in [-0.2, 0) is 11.2 Å². The van der Waals surface area contributed by atoms with E-state index >= 15 is 0 Å². The second kappa shape index (κ2) is 7.65. The molecule has 0 aliphatic carbocycles. The third-order valence-electron chi connectivity index (χ3n) is 3.25. The first-order chi connectivity index (χ1) is 11.0. The average molecular weight is 332 g/mol. The molecule has 0 heterocycles. The molecule has 0 aliphatic heterocycles. The lowest BCUT2D eigenvalue weighted by atomic mass is 10.0. The molecule has 0 amide bonds. The van der Waals surface area contributed by atoms with E-state index in [2.05, 4.69) is 10.5 Å². The number of para-hydroxylation sites is 1. The number of hydrogen-bond donors (Lipinski definition) is 1. The number of hydrogen-bond acceptors (Lipinski definition) is 5. The van der Waals surface area contributed by atoms with Crippen LogP contribution in [0.3, 0.4) is 0 Å². The van der Waals surface area contributed by atoms with Gasteiger partial charge >= 0.3 is 0 Å². The quantitative estimate of drug-likeness (QED) is 0.652. The molecule has 2 rings (SSSR count). The minimum atomic E-state index is -1.16. The molecule has 0 aliphatic rings. The molecule has 120 valence electrons. The van der Waals surface area contributed by atoms with E-state index in [4.69, 9.17) is 16.3 Å². The first kappa shape index (κ1) is 16.8. The Morgan fingerprint density at radius 3 is 2.70 bits per heavy atom. The SMILES string of the molecule is COc1ccc(/C(C)=N\Nc2ccccc2Cl)cc1CC(=O)[O-]. The summed E-state index contributed by atoms with van der Waals surface area (Å²) in [5, 5.41) is 15.7. The average Bonchev–Trinajstić information content (AvgIpc) is 2.53. The Morgan fingerprint density at radius 1 is 1.30 bits per heavy atom. The summed E-state index contributed by atoms with van der Waals surface area (Å²) in [5.74, 6) is -0.658. The first-order valence-electron chi connectivity index (χ1n) is 6.93. The monoisotopic (exact) mass is 331 g/mol. The minimum absolute atomic E-state index is 0.220. The van der Waals surface area contributed by atoms with Crippen molar-refractivity contribution in [1.82, 2.24) is 0 Å². The summed E-state index contributed by atoms with van der Waals surface area (Å²) in [4.78, 5) is 10.8. The molecular weight excluding hydrogens is 316 g/mol. The number of hydrazone groups is 1. The van der Waals surface area contributed by atoms with Crippen LogP contribution in [0.1, 0.15) is 18.1 Å². The molecule has 0 radical (unpaired) electrons. The molecule has 6 heteroatoms. The molecule has 0 aromatic heterocycles. The lowest BCUT2D eigenvalue weighted by Gasteiger charge is -2.11. The molecule has 2 aromatic carbocycles. The topological polar surface area (TPSA) is 73.8 Å². The van der Waals surface area contributed by atoms with Gasteiger partial charge in [0, 0.05) is 18.0 Å². The van der Waals surface area contributed by atoms with Crippen LogP contribution in [-0.4, -0.2) is 18.8 Å². The number of carbonyl (C=O) groups excluding carboxylic acids is 1. The molecule has 0 atom stereocenters. The number of ether oxygens (including phenoxy) is 1. The van der Waals surface area contributed by atoms with E-state index in [0.29, 0.717) is 27.7 Å². The molecule has 0 fully saturated rings. The number of nitrogens with zero attached hydrogens (tertiary/aromatic N) is 1. The summed E-state index contributed by atoms with van der Waals surface area (Å²) in [6.07, 6.45) is -0.220. The van der Waals surface area contributed by atoms with Gasteiger partial charge in [-0.1, -0.05) is 23.7 Å². The molecular formula is C17H16ClN2O3-. The highest BCUT2D eigenvalue weighted by Crippen LogP contribution is 2.22. The molecule has 0 saturated heterocycles. The van der Waals surface area contributed by atoms with E-state index in [0.717, 1.165) is 5.56 Å². The van der Waals surface area contributed by atoms with Crippen molar-refractivity contribution in [2.24, 2.45) is 5.10 Å². The van der Waals surface area contributed by atoms with E-state index < -0.39 is 5.97 Å². The predicted molar refractivity (Wildman–Crippen MR) is 89.0 cm³/mol. The zero-order valence-electron chi connectivity index (χ0n) is 12.8. The minimum Gasteiger partial charge on any atom is -0.550 e. The van der Waals surface area contributed by atoms with Crippen molar-refractivity contribution in [2.45, 2.75) is 13.3 Å². The fourth-order valence-corrected chi connectivity index (χ4v) is 2.24. The smallest absolute Gasteiger partial charge is 0.122 e. The van der Waals surface area contributed by atoms with Crippen LogP contribution in [0, 0.1) is 0 Å². The first-order valence-corrected chi connectivity index (χ1v) is 7.31. The van der Waals surface area contributed by atoms with Gasteiger partial charge in [-0.3, -0.25) is 5.43 Å². The van der Waals surface area contributed by atoms with Crippen LogP contribution in [0.4, 0.5) is 5.69 Å². The van der Waals surface area contributed by atoms with Crippen molar-refractivity contribution in [1.29, 1.82) is 0 Å². The van der Waals surface area contributed by atoms with E-state index in [1.54, 1.807) is 18.2 Å². The van der Waals surface area contributed by atoms with Gasteiger partial charge in [-0.15, -0.1) is 0 Å². The fraction of sp³-hybridized carbons (Fsp3) is 0.176. The molecule has 0 saturated carbocycles. The fourth-order valence-electron chi connectivity index (χ4n) is 2.06. The van der Waals surface area contributed by atoms with E-state index in [1.807, 2.05) is 31.2 Å². The number of rotatable bonds is 6. The Bertz CT molecular complexity index is 744. The second-order valence-electron chi connectivity index (χ2n) is 4.86. The molecule has 2 aromatic rings. The zero-order chi connectivity index (χ0) is 16.8. The van der Waals surface area contributed by atoms with Crippen LogP contribution >= 0.6 is 11.6 Å². The Labute approximate surface area is 139 Å². The van der Waals surface area contributed by atoms with Gasteiger partial charge < -0.3 is 14.6 Å². The van der Waals surface area contributed by atoms with Gasteiger partial charge in [-0.2, -0.15) is 5.10 Å². The Kier molecular flexibility index (Phi) is 5.60. The number of carboxylic acid groups (broad SMARTS) is 1. The molecule has 23 heavy (non-hydrogen) atoms. The van der Waals surface area contributed by atoms with Crippen LogP contribution in [0.2, 0.25) is 5.02 Å². The summed E-state index contributed by atoms with van der Waals surface area (Å²) in [7, 11) is 1.49.